The van der Waals surface area contributed by atoms with E-state index in [1.807, 2.05) is 30.3 Å². The molecule has 3 rings (SSSR count). The first-order valence-electron chi connectivity index (χ1n) is 8.12. The minimum absolute atomic E-state index is 0.144. The Morgan fingerprint density at radius 2 is 1.96 bits per heavy atom. The van der Waals surface area contributed by atoms with Crippen LogP contribution < -0.4 is 21.7 Å². The highest BCUT2D eigenvalue weighted by molar-refractivity contribution is 6.05. The Bertz CT molecular complexity index is 614. The number of hydrogen-bond donors (Lipinski definition) is 3. The molecule has 2 unspecified atom stereocenters. The highest BCUT2D eigenvalue weighted by Gasteiger charge is 2.38. The normalized spacial score (nSPS) is 27.7. The van der Waals surface area contributed by atoms with E-state index in [0.29, 0.717) is 5.56 Å². The number of anilines is 1. The van der Waals surface area contributed by atoms with Crippen LogP contribution in [0.2, 0.25) is 0 Å². The van der Waals surface area contributed by atoms with E-state index in [0.717, 1.165) is 38.3 Å². The minimum Gasteiger partial charge on any atom is -0.370 e. The summed E-state index contributed by atoms with van der Waals surface area (Å²) >= 11 is 0. The predicted octanol–water partition coefficient (Wildman–Crippen LogP) is 0.820. The first-order chi connectivity index (χ1) is 11.1. The van der Waals surface area contributed by atoms with Crippen LogP contribution in [0.15, 0.2) is 48.6 Å². The van der Waals surface area contributed by atoms with Crippen LogP contribution in [-0.4, -0.2) is 43.5 Å². The number of carbonyl (C=O) groups is 1. The average Bonchev–Trinajstić information content (AvgIpc) is 2.86. The Morgan fingerprint density at radius 1 is 1.17 bits per heavy atom. The minimum atomic E-state index is -1.16. The van der Waals surface area contributed by atoms with Crippen LogP contribution in [-0.2, 0) is 0 Å². The van der Waals surface area contributed by atoms with Gasteiger partial charge in [-0.2, -0.15) is 0 Å². The number of nitrogens with one attached hydrogen (secondary N) is 1. The zero-order valence-electron chi connectivity index (χ0n) is 13.2. The van der Waals surface area contributed by atoms with Crippen molar-refractivity contribution in [3.8, 4) is 0 Å². The second-order valence-corrected chi connectivity index (χ2v) is 6.17. The summed E-state index contributed by atoms with van der Waals surface area (Å²) in [6.45, 7) is 4.05. The van der Waals surface area contributed by atoms with Crippen molar-refractivity contribution in [1.29, 1.82) is 0 Å². The van der Waals surface area contributed by atoms with Crippen LogP contribution in [0.5, 0.6) is 0 Å². The lowest BCUT2D eigenvalue weighted by atomic mass is 9.81. The summed E-state index contributed by atoms with van der Waals surface area (Å²) in [5, 5.41) is 3.39. The highest BCUT2D eigenvalue weighted by Crippen LogP contribution is 2.22. The van der Waals surface area contributed by atoms with Crippen molar-refractivity contribution in [2.45, 2.75) is 18.0 Å². The molecule has 1 heterocycles. The lowest BCUT2D eigenvalue weighted by molar-refractivity contribution is 0.0912. The number of nitrogens with two attached hydrogens (primary N) is 2. The average molecular weight is 312 g/mol. The molecule has 2 atom stereocenters. The van der Waals surface area contributed by atoms with Gasteiger partial charge in [-0.05, 0) is 37.2 Å². The third-order valence-electron chi connectivity index (χ3n) is 4.58. The van der Waals surface area contributed by atoms with Gasteiger partial charge in [0.05, 0.1) is 6.04 Å². The lowest BCUT2D eigenvalue weighted by Crippen LogP contribution is -2.59. The Labute approximate surface area is 137 Å². The smallest absolute Gasteiger partial charge is 0.188 e. The zero-order valence-corrected chi connectivity index (χ0v) is 13.2. The Balaban J connectivity index is 1.77. The van der Waals surface area contributed by atoms with Gasteiger partial charge in [-0.15, -0.1) is 0 Å². The maximum Gasteiger partial charge on any atom is 0.188 e. The van der Waals surface area contributed by atoms with E-state index < -0.39 is 11.6 Å². The molecule has 0 spiro atoms. The summed E-state index contributed by atoms with van der Waals surface area (Å²) in [6.07, 6.45) is 8.17. The largest absolute Gasteiger partial charge is 0.370 e. The molecule has 1 fully saturated rings. The topological polar surface area (TPSA) is 84.4 Å². The first-order valence-corrected chi connectivity index (χ1v) is 8.12. The van der Waals surface area contributed by atoms with E-state index in [9.17, 15) is 4.79 Å². The van der Waals surface area contributed by atoms with E-state index in [1.165, 1.54) is 0 Å². The molecule has 1 aliphatic heterocycles. The first kappa shape index (κ1) is 15.9. The molecular formula is C18H24N4O. The number of rotatable bonds is 3. The summed E-state index contributed by atoms with van der Waals surface area (Å²) in [5.41, 5.74) is 12.8. The fourth-order valence-corrected chi connectivity index (χ4v) is 3.07. The maximum absolute atomic E-state index is 12.8. The van der Waals surface area contributed by atoms with Crippen molar-refractivity contribution in [3.05, 3.63) is 54.1 Å². The van der Waals surface area contributed by atoms with E-state index in [-0.39, 0.29) is 5.78 Å². The molecule has 5 heteroatoms. The summed E-state index contributed by atoms with van der Waals surface area (Å²) in [6, 6.07) is 7.19. The molecule has 1 saturated heterocycles. The number of ketones is 1. The zero-order chi connectivity index (χ0) is 16.3. The van der Waals surface area contributed by atoms with Crippen LogP contribution >= 0.6 is 0 Å². The van der Waals surface area contributed by atoms with Crippen molar-refractivity contribution in [1.82, 2.24) is 5.32 Å². The quantitative estimate of drug-likeness (QED) is 0.720. The molecule has 1 aliphatic carbocycles. The monoisotopic (exact) mass is 312 g/mol. The van der Waals surface area contributed by atoms with Crippen molar-refractivity contribution in [2.24, 2.45) is 11.5 Å². The Kier molecular flexibility index (Phi) is 4.61. The maximum atomic E-state index is 12.8. The third kappa shape index (κ3) is 3.22. The van der Waals surface area contributed by atoms with E-state index in [1.54, 1.807) is 18.2 Å². The van der Waals surface area contributed by atoms with Gasteiger partial charge in [0.15, 0.2) is 5.78 Å². The van der Waals surface area contributed by atoms with Crippen molar-refractivity contribution < 1.29 is 4.79 Å². The molecule has 5 N–H and O–H groups in total. The van der Waals surface area contributed by atoms with Gasteiger partial charge in [-0.3, -0.25) is 4.79 Å². The van der Waals surface area contributed by atoms with Crippen LogP contribution in [0, 0.1) is 0 Å². The number of allylic oxidation sites excluding steroid dienone is 2. The highest BCUT2D eigenvalue weighted by atomic mass is 16.1. The van der Waals surface area contributed by atoms with Gasteiger partial charge in [-0.25, -0.2) is 0 Å². The van der Waals surface area contributed by atoms with Crippen LogP contribution in [0.1, 0.15) is 16.8 Å². The molecule has 5 nitrogen and oxygen atoms in total. The van der Waals surface area contributed by atoms with Crippen LogP contribution in [0.25, 0.3) is 0 Å². The Hall–Kier alpha value is -1.95. The lowest BCUT2D eigenvalue weighted by Gasteiger charge is -2.31. The second-order valence-electron chi connectivity index (χ2n) is 6.17. The summed E-state index contributed by atoms with van der Waals surface area (Å²) in [4.78, 5) is 15.1. The second kappa shape index (κ2) is 6.66. The summed E-state index contributed by atoms with van der Waals surface area (Å²) in [7, 11) is 0. The predicted molar refractivity (Wildman–Crippen MR) is 93.6 cm³/mol. The molecule has 0 saturated carbocycles. The number of carbonyl (C=O) groups excluding carboxylic acids is 1. The van der Waals surface area contributed by atoms with E-state index in [4.69, 9.17) is 11.5 Å². The summed E-state index contributed by atoms with van der Waals surface area (Å²) in [5.74, 6) is -0.144. The van der Waals surface area contributed by atoms with Crippen molar-refractivity contribution >= 4 is 11.5 Å². The molecule has 0 aromatic heterocycles. The molecule has 23 heavy (non-hydrogen) atoms. The molecular weight excluding hydrogens is 288 g/mol. The van der Waals surface area contributed by atoms with Gasteiger partial charge in [0.2, 0.25) is 0 Å². The van der Waals surface area contributed by atoms with Gasteiger partial charge in [0.1, 0.15) is 5.54 Å². The van der Waals surface area contributed by atoms with Gasteiger partial charge >= 0.3 is 0 Å². The number of nitrogens with zero attached hydrogens (tertiary/aromatic N) is 1. The fraction of sp³-hybridized carbons (Fsp3) is 0.389. The van der Waals surface area contributed by atoms with E-state index >= 15 is 0 Å². The SMILES string of the molecule is NC1C=CC=CC1(N)C(=O)c1ccc(N2CCCNCC2)cc1. The molecule has 1 aromatic carbocycles. The van der Waals surface area contributed by atoms with Crippen molar-refractivity contribution in [3.63, 3.8) is 0 Å². The number of benzene rings is 1. The van der Waals surface area contributed by atoms with Gasteiger partial charge < -0.3 is 21.7 Å². The van der Waals surface area contributed by atoms with Gasteiger partial charge in [0.25, 0.3) is 0 Å². The molecule has 0 radical (unpaired) electrons. The van der Waals surface area contributed by atoms with Gasteiger partial charge in [-0.1, -0.05) is 24.3 Å². The van der Waals surface area contributed by atoms with E-state index in [2.05, 4.69) is 10.2 Å². The summed E-state index contributed by atoms with van der Waals surface area (Å²) < 4.78 is 0. The number of Topliss-reactive ketones (excluding diaryl/α,β-unsaturated/α-hetero) is 1. The van der Waals surface area contributed by atoms with Crippen LogP contribution in [0.4, 0.5) is 5.69 Å². The molecule has 2 aliphatic rings. The standard InChI is InChI=1S/C18H24N4O/c19-16-4-1-2-9-18(16,20)17(23)14-5-7-15(8-6-14)22-12-3-10-21-11-13-22/h1-2,4-9,16,21H,3,10-13,19-20H2. The van der Waals surface area contributed by atoms with Crippen molar-refractivity contribution in [2.75, 3.05) is 31.1 Å². The molecule has 1 aromatic rings. The van der Waals surface area contributed by atoms with Gasteiger partial charge in [0, 0.05) is 30.9 Å². The molecule has 0 bridgehead atoms. The fourth-order valence-electron chi connectivity index (χ4n) is 3.07. The van der Waals surface area contributed by atoms with Crippen LogP contribution in [0.3, 0.4) is 0 Å². The molecule has 0 amide bonds. The third-order valence-corrected chi connectivity index (χ3v) is 4.58. The molecule has 122 valence electrons. The number of hydrogen-bond acceptors (Lipinski definition) is 5. The Morgan fingerprint density at radius 3 is 2.70 bits per heavy atom.